The molecule has 1 amide bonds. The first kappa shape index (κ1) is 28.4. The molecule has 1 aliphatic heterocycles. The Bertz CT molecular complexity index is 1910. The van der Waals surface area contributed by atoms with Crippen LogP contribution in [0.4, 0.5) is 13.6 Å². The maximum atomic E-state index is 15.6. The number of imidazole rings is 1. The first-order valence-corrected chi connectivity index (χ1v) is 14.1. The van der Waals surface area contributed by atoms with E-state index >= 15 is 4.39 Å². The molecule has 0 N–H and O–H groups in total. The number of fused-ring (bicyclic) bond motifs is 2. The second kappa shape index (κ2) is 10.2. The first-order valence-electron chi connectivity index (χ1n) is 14.1. The Hall–Kier alpha value is -4.74. The van der Waals surface area contributed by atoms with E-state index in [0.717, 1.165) is 11.3 Å². The molecule has 0 radical (unpaired) electrons. The van der Waals surface area contributed by atoms with Gasteiger partial charge in [-0.3, -0.25) is 13.8 Å². The Morgan fingerprint density at radius 2 is 1.77 bits per heavy atom. The number of aryl methyl sites for hydroxylation is 1. The molecule has 0 saturated carbocycles. The van der Waals surface area contributed by atoms with Gasteiger partial charge in [-0.15, -0.1) is 0 Å². The SMILES string of the molecule is CC(c1ccc(F)cc1)n1nc2c(c1-n1ccn(-c3ccc4c(cnn4C)c3F)c1=O)[C@H](C)N(C(=O)OC(C)(C)C)CC2. The van der Waals surface area contributed by atoms with Crippen LogP contribution in [0.15, 0.2) is 59.8 Å². The van der Waals surface area contributed by atoms with Crippen molar-refractivity contribution < 1.29 is 18.3 Å². The highest BCUT2D eigenvalue weighted by Gasteiger charge is 2.37. The Morgan fingerprint density at radius 1 is 1.07 bits per heavy atom. The molecular formula is C31H33F2N7O3. The largest absolute Gasteiger partial charge is 0.444 e. The zero-order chi connectivity index (χ0) is 30.8. The topological polar surface area (TPSA) is 92.1 Å². The highest BCUT2D eigenvalue weighted by atomic mass is 19.1. The maximum Gasteiger partial charge on any atom is 0.410 e. The summed E-state index contributed by atoms with van der Waals surface area (Å²) in [5.74, 6) is -0.484. The molecule has 0 aliphatic carbocycles. The Labute approximate surface area is 246 Å². The van der Waals surface area contributed by atoms with Gasteiger partial charge < -0.3 is 9.64 Å². The zero-order valence-electron chi connectivity index (χ0n) is 24.9. The quantitative estimate of drug-likeness (QED) is 0.278. The lowest BCUT2D eigenvalue weighted by atomic mass is 9.99. The lowest BCUT2D eigenvalue weighted by Crippen LogP contribution is -2.42. The molecule has 0 spiro atoms. The van der Waals surface area contributed by atoms with Gasteiger partial charge in [-0.25, -0.2) is 23.1 Å². The fraction of sp³-hybridized carbons (Fsp3) is 0.355. The number of amides is 1. The predicted molar refractivity (Wildman–Crippen MR) is 157 cm³/mol. The molecule has 1 aliphatic rings. The smallest absolute Gasteiger partial charge is 0.410 e. The second-order valence-electron chi connectivity index (χ2n) is 11.9. The number of rotatable bonds is 4. The number of ether oxygens (including phenoxy) is 1. The molecule has 0 saturated heterocycles. The van der Waals surface area contributed by atoms with E-state index in [1.54, 1.807) is 51.8 Å². The van der Waals surface area contributed by atoms with Crippen LogP contribution < -0.4 is 5.69 Å². The summed E-state index contributed by atoms with van der Waals surface area (Å²) in [5.41, 5.74) is 1.69. The highest BCUT2D eigenvalue weighted by molar-refractivity contribution is 5.81. The van der Waals surface area contributed by atoms with Crippen LogP contribution in [-0.4, -0.2) is 51.8 Å². The molecule has 12 heteroatoms. The van der Waals surface area contributed by atoms with Crippen molar-refractivity contribution >= 4 is 17.0 Å². The van der Waals surface area contributed by atoms with Crippen molar-refractivity contribution in [2.24, 2.45) is 7.05 Å². The van der Waals surface area contributed by atoms with Crippen LogP contribution in [0.25, 0.3) is 22.4 Å². The molecule has 43 heavy (non-hydrogen) atoms. The van der Waals surface area contributed by atoms with Gasteiger partial charge in [-0.2, -0.15) is 10.2 Å². The predicted octanol–water partition coefficient (Wildman–Crippen LogP) is 5.45. The minimum Gasteiger partial charge on any atom is -0.444 e. The molecule has 10 nitrogen and oxygen atoms in total. The van der Waals surface area contributed by atoms with Gasteiger partial charge >= 0.3 is 11.8 Å². The van der Waals surface area contributed by atoms with Crippen LogP contribution in [-0.2, 0) is 18.2 Å². The molecule has 224 valence electrons. The second-order valence-corrected chi connectivity index (χ2v) is 11.9. The van der Waals surface area contributed by atoms with Gasteiger partial charge in [0.1, 0.15) is 17.2 Å². The van der Waals surface area contributed by atoms with Crippen molar-refractivity contribution in [2.75, 3.05) is 6.54 Å². The Morgan fingerprint density at radius 3 is 2.47 bits per heavy atom. The number of nitrogens with zero attached hydrogens (tertiary/aromatic N) is 7. The first-order chi connectivity index (χ1) is 20.4. The van der Waals surface area contributed by atoms with Gasteiger partial charge in [0, 0.05) is 38.0 Å². The van der Waals surface area contributed by atoms with Crippen LogP contribution >= 0.6 is 0 Å². The molecule has 0 bridgehead atoms. The number of carbonyl (C=O) groups is 1. The number of hydrogen-bond acceptors (Lipinski definition) is 5. The summed E-state index contributed by atoms with van der Waals surface area (Å²) in [6, 6.07) is 8.48. The number of carbonyl (C=O) groups excluding carboxylic acids is 1. The molecule has 0 fully saturated rings. The normalized spacial score (nSPS) is 16.0. The number of aromatic nitrogens is 6. The summed E-state index contributed by atoms with van der Waals surface area (Å²) < 4.78 is 41.0. The molecule has 2 atom stereocenters. The summed E-state index contributed by atoms with van der Waals surface area (Å²) >= 11 is 0. The van der Waals surface area contributed by atoms with Crippen molar-refractivity contribution in [3.8, 4) is 11.5 Å². The average molecular weight is 590 g/mol. The number of halogens is 2. The van der Waals surface area contributed by atoms with Crippen LogP contribution in [0.2, 0.25) is 0 Å². The van der Waals surface area contributed by atoms with Gasteiger partial charge in [-0.05, 0) is 64.4 Å². The average Bonchev–Trinajstić information content (AvgIpc) is 3.63. The third-order valence-corrected chi connectivity index (χ3v) is 7.93. The van der Waals surface area contributed by atoms with E-state index in [1.165, 1.54) is 33.7 Å². The third kappa shape index (κ3) is 4.80. The van der Waals surface area contributed by atoms with E-state index in [0.29, 0.717) is 35.2 Å². The van der Waals surface area contributed by atoms with E-state index in [-0.39, 0.29) is 11.5 Å². The van der Waals surface area contributed by atoms with E-state index in [2.05, 4.69) is 5.10 Å². The van der Waals surface area contributed by atoms with Crippen molar-refractivity contribution in [1.82, 2.24) is 33.6 Å². The zero-order valence-corrected chi connectivity index (χ0v) is 24.9. The van der Waals surface area contributed by atoms with E-state index in [9.17, 15) is 14.0 Å². The fourth-order valence-electron chi connectivity index (χ4n) is 5.73. The van der Waals surface area contributed by atoms with Crippen LogP contribution in [0.1, 0.15) is 63.5 Å². The maximum absolute atomic E-state index is 15.6. The van der Waals surface area contributed by atoms with Gasteiger partial charge in [0.15, 0.2) is 5.82 Å². The van der Waals surface area contributed by atoms with Crippen molar-refractivity contribution in [3.05, 3.63) is 93.9 Å². The fourth-order valence-corrected chi connectivity index (χ4v) is 5.73. The molecule has 2 aromatic carbocycles. The number of hydrogen-bond donors (Lipinski definition) is 0. The summed E-state index contributed by atoms with van der Waals surface area (Å²) in [4.78, 5) is 28.9. The van der Waals surface area contributed by atoms with E-state index in [4.69, 9.17) is 9.84 Å². The van der Waals surface area contributed by atoms with E-state index in [1.807, 2.05) is 34.6 Å². The lowest BCUT2D eigenvalue weighted by molar-refractivity contribution is 0.0159. The summed E-state index contributed by atoms with van der Waals surface area (Å²) in [6.45, 7) is 9.59. The Balaban J connectivity index is 1.52. The monoisotopic (exact) mass is 589 g/mol. The van der Waals surface area contributed by atoms with Gasteiger partial charge in [-0.1, -0.05) is 12.1 Å². The lowest BCUT2D eigenvalue weighted by Gasteiger charge is -2.35. The minimum absolute atomic E-state index is 0.0826. The van der Waals surface area contributed by atoms with E-state index < -0.39 is 35.3 Å². The molecular weight excluding hydrogens is 556 g/mol. The third-order valence-electron chi connectivity index (χ3n) is 7.93. The molecule has 1 unspecified atom stereocenters. The van der Waals surface area contributed by atoms with Crippen LogP contribution in [0.3, 0.4) is 0 Å². The molecule has 4 heterocycles. The Kier molecular flexibility index (Phi) is 6.74. The molecule has 6 rings (SSSR count). The van der Waals surface area contributed by atoms with Crippen LogP contribution in [0, 0.1) is 11.6 Å². The van der Waals surface area contributed by atoms with Crippen molar-refractivity contribution in [3.63, 3.8) is 0 Å². The molecule has 5 aromatic rings. The van der Waals surface area contributed by atoms with Crippen molar-refractivity contribution in [2.45, 2.75) is 58.7 Å². The molecule has 3 aromatic heterocycles. The van der Waals surface area contributed by atoms with Gasteiger partial charge in [0.25, 0.3) is 0 Å². The van der Waals surface area contributed by atoms with Gasteiger partial charge in [0.2, 0.25) is 0 Å². The summed E-state index contributed by atoms with van der Waals surface area (Å²) in [5, 5.41) is 9.35. The standard InChI is InChI=1S/C31H33F2N7O3/c1-18(20-7-9-21(32)10-8-20)40-28(26-19(2)37(14-13-23(26)35-40)30(42)43-31(3,4)5)39-16-15-38(29(39)41)25-12-11-24-22(27(25)33)17-34-36(24)6/h7-12,15-19H,13-14H2,1-6H3/t18?,19-/m0/s1. The number of benzene rings is 2. The van der Waals surface area contributed by atoms with Gasteiger partial charge in [0.05, 0.1) is 40.6 Å². The van der Waals surface area contributed by atoms with Crippen LogP contribution in [0.5, 0.6) is 0 Å². The summed E-state index contributed by atoms with van der Waals surface area (Å²) in [6.07, 6.45) is 4.48. The summed E-state index contributed by atoms with van der Waals surface area (Å²) in [7, 11) is 1.72. The minimum atomic E-state index is -0.686. The van der Waals surface area contributed by atoms with Crippen molar-refractivity contribution in [1.29, 1.82) is 0 Å². The highest BCUT2D eigenvalue weighted by Crippen LogP contribution is 2.37.